The van der Waals surface area contributed by atoms with E-state index in [0.717, 1.165) is 11.1 Å². The van der Waals surface area contributed by atoms with Crippen molar-refractivity contribution >= 4 is 11.8 Å². The van der Waals surface area contributed by atoms with E-state index in [4.69, 9.17) is 4.52 Å². The number of carbonyl (C=O) groups is 2. The van der Waals surface area contributed by atoms with Crippen LogP contribution in [-0.2, 0) is 17.8 Å². The third-order valence-corrected chi connectivity index (χ3v) is 5.08. The van der Waals surface area contributed by atoms with E-state index in [1.54, 1.807) is 29.2 Å². The van der Waals surface area contributed by atoms with E-state index < -0.39 is 0 Å². The second kappa shape index (κ2) is 8.10. The highest BCUT2D eigenvalue weighted by Gasteiger charge is 2.28. The van der Waals surface area contributed by atoms with E-state index in [9.17, 15) is 9.59 Å². The van der Waals surface area contributed by atoms with Crippen molar-refractivity contribution in [2.24, 2.45) is 0 Å². The Kier molecular flexibility index (Phi) is 5.20. The largest absolute Gasteiger partial charge is 0.350 e. The number of amides is 2. The molecule has 2 aromatic carbocycles. The Hall–Kier alpha value is -3.74. The highest BCUT2D eigenvalue weighted by Crippen LogP contribution is 2.23. The monoisotopic (exact) mass is 388 g/mol. The van der Waals surface area contributed by atoms with Gasteiger partial charge in [0.1, 0.15) is 0 Å². The van der Waals surface area contributed by atoms with Gasteiger partial charge in [0, 0.05) is 24.2 Å². The average Bonchev–Trinajstić information content (AvgIpc) is 3.31. The van der Waals surface area contributed by atoms with Crippen LogP contribution in [0.2, 0.25) is 0 Å². The smallest absolute Gasteiger partial charge is 0.251 e. The van der Waals surface area contributed by atoms with Crippen LogP contribution in [0, 0.1) is 0 Å². The lowest BCUT2D eigenvalue weighted by molar-refractivity contribution is -0.129. The number of hydrogen-bond donors (Lipinski definition) is 1. The summed E-state index contributed by atoms with van der Waals surface area (Å²) in [5.74, 6) is 0.133. The molecule has 0 bridgehead atoms. The SMILES string of the molecule is C=CC(=O)N1Cc2ccccc2CC1CNC(=O)c1ccc(-c2ncon2)cc1. The first-order valence-corrected chi connectivity index (χ1v) is 9.30. The number of aromatic nitrogens is 2. The third-order valence-electron chi connectivity index (χ3n) is 5.08. The van der Waals surface area contributed by atoms with Crippen molar-refractivity contribution in [1.29, 1.82) is 0 Å². The maximum absolute atomic E-state index is 12.6. The van der Waals surface area contributed by atoms with Crippen molar-refractivity contribution in [3.63, 3.8) is 0 Å². The number of rotatable bonds is 5. The summed E-state index contributed by atoms with van der Waals surface area (Å²) >= 11 is 0. The fourth-order valence-corrected chi connectivity index (χ4v) is 3.53. The molecule has 0 saturated heterocycles. The molecule has 1 N–H and O–H groups in total. The number of carbonyl (C=O) groups excluding carboxylic acids is 2. The fourth-order valence-electron chi connectivity index (χ4n) is 3.53. The molecule has 1 atom stereocenters. The molecule has 7 heteroatoms. The van der Waals surface area contributed by atoms with E-state index in [1.807, 2.05) is 18.2 Å². The van der Waals surface area contributed by atoms with E-state index >= 15 is 0 Å². The maximum atomic E-state index is 12.6. The van der Waals surface area contributed by atoms with E-state index in [0.29, 0.717) is 30.9 Å². The minimum absolute atomic E-state index is 0.127. The predicted molar refractivity (Wildman–Crippen MR) is 107 cm³/mol. The van der Waals surface area contributed by atoms with Gasteiger partial charge in [-0.3, -0.25) is 9.59 Å². The van der Waals surface area contributed by atoms with Crippen molar-refractivity contribution in [3.05, 3.63) is 84.3 Å². The summed E-state index contributed by atoms with van der Waals surface area (Å²) in [5, 5.41) is 6.72. The summed E-state index contributed by atoms with van der Waals surface area (Å²) in [4.78, 5) is 30.7. The average molecular weight is 388 g/mol. The van der Waals surface area contributed by atoms with Gasteiger partial charge in [0.05, 0.1) is 6.04 Å². The van der Waals surface area contributed by atoms with Crippen molar-refractivity contribution in [3.8, 4) is 11.4 Å². The molecular formula is C22H20N4O3. The molecule has 1 aliphatic heterocycles. The molecule has 2 heterocycles. The molecule has 1 aromatic heterocycles. The minimum atomic E-state index is -0.200. The van der Waals surface area contributed by atoms with Gasteiger partial charge in [-0.25, -0.2) is 0 Å². The van der Waals surface area contributed by atoms with Gasteiger partial charge in [-0.05, 0) is 35.8 Å². The molecule has 0 radical (unpaired) electrons. The van der Waals surface area contributed by atoms with Crippen LogP contribution in [0.5, 0.6) is 0 Å². The molecule has 146 valence electrons. The third kappa shape index (κ3) is 3.94. The zero-order chi connectivity index (χ0) is 20.2. The Morgan fingerprint density at radius 1 is 1.17 bits per heavy atom. The van der Waals surface area contributed by atoms with Crippen LogP contribution in [0.4, 0.5) is 0 Å². The molecule has 1 unspecified atom stereocenters. The second-order valence-corrected chi connectivity index (χ2v) is 6.84. The maximum Gasteiger partial charge on any atom is 0.251 e. The van der Waals surface area contributed by atoms with Crippen molar-refractivity contribution in [1.82, 2.24) is 20.4 Å². The van der Waals surface area contributed by atoms with Crippen LogP contribution >= 0.6 is 0 Å². The topological polar surface area (TPSA) is 88.3 Å². The van der Waals surface area contributed by atoms with E-state index in [1.165, 1.54) is 18.0 Å². The summed E-state index contributed by atoms with van der Waals surface area (Å²) in [6.07, 6.45) is 3.26. The predicted octanol–water partition coefficient (Wildman–Crippen LogP) is 2.61. The van der Waals surface area contributed by atoms with Crippen LogP contribution < -0.4 is 5.32 Å². The number of hydrogen-bond acceptors (Lipinski definition) is 5. The molecule has 7 nitrogen and oxygen atoms in total. The number of fused-ring (bicyclic) bond motifs is 1. The summed E-state index contributed by atoms with van der Waals surface area (Å²) in [5.41, 5.74) is 3.61. The number of benzene rings is 2. The van der Waals surface area contributed by atoms with Gasteiger partial charge in [0.25, 0.3) is 5.91 Å². The van der Waals surface area contributed by atoms with Gasteiger partial charge in [-0.15, -0.1) is 0 Å². The Balaban J connectivity index is 1.44. The molecular weight excluding hydrogens is 368 g/mol. The van der Waals surface area contributed by atoms with E-state index in [-0.39, 0.29) is 17.9 Å². The lowest BCUT2D eigenvalue weighted by atomic mass is 9.93. The zero-order valence-electron chi connectivity index (χ0n) is 15.7. The van der Waals surface area contributed by atoms with Crippen LogP contribution in [0.25, 0.3) is 11.4 Å². The molecule has 3 aromatic rings. The van der Waals surface area contributed by atoms with Gasteiger partial charge >= 0.3 is 0 Å². The zero-order valence-corrected chi connectivity index (χ0v) is 15.7. The standard InChI is InChI=1S/C22H20N4O3/c1-2-20(27)26-13-18-6-4-3-5-17(18)11-19(26)12-23-22(28)16-9-7-15(8-10-16)21-24-14-29-25-21/h2-10,14,19H,1,11-13H2,(H,23,28). The molecule has 2 amide bonds. The van der Waals surface area contributed by atoms with Crippen LogP contribution in [0.1, 0.15) is 21.5 Å². The molecule has 29 heavy (non-hydrogen) atoms. The first-order chi connectivity index (χ1) is 14.2. The van der Waals surface area contributed by atoms with Gasteiger partial charge in [-0.2, -0.15) is 4.98 Å². The minimum Gasteiger partial charge on any atom is -0.350 e. The summed E-state index contributed by atoms with van der Waals surface area (Å²) in [7, 11) is 0. The van der Waals surface area contributed by atoms with Gasteiger partial charge in [0.2, 0.25) is 18.1 Å². The van der Waals surface area contributed by atoms with Crippen molar-refractivity contribution in [2.45, 2.75) is 19.0 Å². The van der Waals surface area contributed by atoms with Crippen LogP contribution in [0.3, 0.4) is 0 Å². The second-order valence-electron chi connectivity index (χ2n) is 6.84. The molecule has 0 saturated carbocycles. The lowest BCUT2D eigenvalue weighted by Gasteiger charge is -2.36. The lowest BCUT2D eigenvalue weighted by Crippen LogP contribution is -2.49. The Morgan fingerprint density at radius 3 is 2.62 bits per heavy atom. The highest BCUT2D eigenvalue weighted by molar-refractivity contribution is 5.94. The molecule has 0 spiro atoms. The first kappa shape index (κ1) is 18.6. The fraction of sp³-hybridized carbons (Fsp3) is 0.182. The van der Waals surface area contributed by atoms with Crippen molar-refractivity contribution in [2.75, 3.05) is 6.54 Å². The van der Waals surface area contributed by atoms with Crippen LogP contribution in [0.15, 0.2) is 72.1 Å². The molecule has 1 aliphatic rings. The Morgan fingerprint density at radius 2 is 1.93 bits per heavy atom. The molecule has 0 fully saturated rings. The molecule has 4 rings (SSSR count). The summed E-state index contributed by atoms with van der Waals surface area (Å²) < 4.78 is 4.74. The van der Waals surface area contributed by atoms with Crippen LogP contribution in [-0.4, -0.2) is 39.4 Å². The first-order valence-electron chi connectivity index (χ1n) is 9.30. The highest BCUT2D eigenvalue weighted by atomic mass is 16.5. The summed E-state index contributed by atoms with van der Waals surface area (Å²) in [6.45, 7) is 4.48. The normalized spacial score (nSPS) is 15.4. The quantitative estimate of drug-likeness (QED) is 0.679. The number of nitrogens with one attached hydrogen (secondary N) is 1. The molecule has 0 aliphatic carbocycles. The Bertz CT molecular complexity index is 1030. The summed E-state index contributed by atoms with van der Waals surface area (Å²) in [6, 6.07) is 14.9. The number of nitrogens with zero attached hydrogens (tertiary/aromatic N) is 3. The van der Waals surface area contributed by atoms with Gasteiger partial charge in [0.15, 0.2) is 0 Å². The van der Waals surface area contributed by atoms with Crippen molar-refractivity contribution < 1.29 is 14.1 Å². The van der Waals surface area contributed by atoms with Gasteiger partial charge < -0.3 is 14.7 Å². The Labute approximate surface area is 168 Å². The van der Waals surface area contributed by atoms with Gasteiger partial charge in [-0.1, -0.05) is 48.1 Å². The van der Waals surface area contributed by atoms with E-state index in [2.05, 4.69) is 28.1 Å².